The van der Waals surface area contributed by atoms with Gasteiger partial charge in [-0.25, -0.2) is 4.98 Å². The molecule has 29 heavy (non-hydrogen) atoms. The summed E-state index contributed by atoms with van der Waals surface area (Å²) in [6.45, 7) is 12.4. The lowest BCUT2D eigenvalue weighted by molar-refractivity contribution is 0.122. The van der Waals surface area contributed by atoms with E-state index in [2.05, 4.69) is 51.2 Å². The van der Waals surface area contributed by atoms with Gasteiger partial charge in [0.25, 0.3) is 0 Å². The van der Waals surface area contributed by atoms with E-state index in [4.69, 9.17) is 16.6 Å². The Kier molecular flexibility index (Phi) is 10.2. The fraction of sp³-hybridized carbons (Fsp3) is 0.700. The number of aliphatic imine (C=N–C) groups is 1. The number of hydrogen-bond acceptors (Lipinski definition) is 5. The summed E-state index contributed by atoms with van der Waals surface area (Å²) in [5.41, 5.74) is 0. The predicted molar refractivity (Wildman–Crippen MR) is 133 cm³/mol. The number of likely N-dealkylation sites (N-methyl/N-ethyl adjacent to an activating group) is 1. The van der Waals surface area contributed by atoms with E-state index >= 15 is 0 Å². The topological polar surface area (TPSA) is 59.0 Å². The molecule has 7 nitrogen and oxygen atoms in total. The molecule has 2 atom stereocenters. The van der Waals surface area contributed by atoms with Gasteiger partial charge in [-0.2, -0.15) is 0 Å². The maximum Gasteiger partial charge on any atom is 0.191 e. The standard InChI is InChI=1S/C20H34ClN7.HI/c1-4-22-20(24-14-16(2)27-12-10-26(3)11-13-27)25-17-7-9-28(15-17)19-18(21)6-5-8-23-19;/h5-6,8,16-17H,4,7,9-15H2,1-3H3,(H2,22,24,25);1H. The van der Waals surface area contributed by atoms with E-state index < -0.39 is 0 Å². The Hall–Kier alpha value is -0.840. The monoisotopic (exact) mass is 535 g/mol. The number of rotatable bonds is 6. The Morgan fingerprint density at radius 2 is 2.07 bits per heavy atom. The van der Waals surface area contributed by atoms with Crippen molar-refractivity contribution in [3.8, 4) is 0 Å². The minimum Gasteiger partial charge on any atom is -0.357 e. The SMILES string of the molecule is CCNC(=NCC(C)N1CCN(C)CC1)NC1CCN(c2ncccc2Cl)C1.I. The molecule has 0 aromatic carbocycles. The number of hydrogen-bond donors (Lipinski definition) is 2. The second-order valence-corrected chi connectivity index (χ2v) is 8.20. The van der Waals surface area contributed by atoms with Crippen molar-refractivity contribution in [1.82, 2.24) is 25.4 Å². The molecule has 0 saturated carbocycles. The number of piperazine rings is 1. The highest BCUT2D eigenvalue weighted by Crippen LogP contribution is 2.25. The third-order valence-electron chi connectivity index (χ3n) is 5.59. The fourth-order valence-corrected chi connectivity index (χ4v) is 4.04. The summed E-state index contributed by atoms with van der Waals surface area (Å²) >= 11 is 6.31. The molecule has 9 heteroatoms. The summed E-state index contributed by atoms with van der Waals surface area (Å²) in [4.78, 5) is 16.5. The summed E-state index contributed by atoms with van der Waals surface area (Å²) < 4.78 is 0. The van der Waals surface area contributed by atoms with Gasteiger partial charge in [0.15, 0.2) is 5.96 Å². The van der Waals surface area contributed by atoms with E-state index in [0.717, 1.165) is 70.6 Å². The quantitative estimate of drug-likeness (QED) is 0.331. The van der Waals surface area contributed by atoms with Crippen LogP contribution in [0, 0.1) is 0 Å². The van der Waals surface area contributed by atoms with Crippen LogP contribution >= 0.6 is 35.6 Å². The van der Waals surface area contributed by atoms with Gasteiger partial charge in [0.05, 0.1) is 11.6 Å². The number of aromatic nitrogens is 1. The van der Waals surface area contributed by atoms with Gasteiger partial charge in [0.1, 0.15) is 5.82 Å². The van der Waals surface area contributed by atoms with Crippen molar-refractivity contribution < 1.29 is 0 Å². The average Bonchev–Trinajstić information content (AvgIpc) is 3.15. The zero-order valence-corrected chi connectivity index (χ0v) is 20.9. The van der Waals surface area contributed by atoms with Crippen LogP contribution in [0.2, 0.25) is 5.02 Å². The fourth-order valence-electron chi connectivity index (χ4n) is 3.80. The van der Waals surface area contributed by atoms with E-state index in [9.17, 15) is 0 Å². The van der Waals surface area contributed by atoms with E-state index in [1.807, 2.05) is 12.1 Å². The molecule has 2 saturated heterocycles. The van der Waals surface area contributed by atoms with Crippen LogP contribution in [0.1, 0.15) is 20.3 Å². The van der Waals surface area contributed by atoms with Crippen molar-refractivity contribution >= 4 is 47.4 Å². The first-order valence-corrected chi connectivity index (χ1v) is 10.8. The Morgan fingerprint density at radius 1 is 1.31 bits per heavy atom. The smallest absolute Gasteiger partial charge is 0.191 e. The first-order chi connectivity index (χ1) is 13.6. The van der Waals surface area contributed by atoms with Crippen LogP contribution in [0.5, 0.6) is 0 Å². The van der Waals surface area contributed by atoms with Crippen LogP contribution in [-0.4, -0.2) is 92.2 Å². The second kappa shape index (κ2) is 12.1. The Bertz CT molecular complexity index is 651. The largest absolute Gasteiger partial charge is 0.357 e. The van der Waals surface area contributed by atoms with Crippen molar-refractivity contribution in [3.63, 3.8) is 0 Å². The molecular formula is C20H35ClIN7. The molecule has 3 heterocycles. The molecule has 0 amide bonds. The molecule has 1 aromatic heterocycles. The first kappa shape index (κ1) is 24.4. The highest BCUT2D eigenvalue weighted by molar-refractivity contribution is 14.0. The lowest BCUT2D eigenvalue weighted by Gasteiger charge is -2.36. The third-order valence-corrected chi connectivity index (χ3v) is 5.88. The van der Waals surface area contributed by atoms with E-state index in [1.165, 1.54) is 0 Å². The zero-order valence-electron chi connectivity index (χ0n) is 17.8. The summed E-state index contributed by atoms with van der Waals surface area (Å²) in [7, 11) is 2.19. The Balaban J connectivity index is 0.00000300. The van der Waals surface area contributed by atoms with Crippen LogP contribution in [0.25, 0.3) is 0 Å². The number of nitrogens with zero attached hydrogens (tertiary/aromatic N) is 5. The molecule has 2 unspecified atom stereocenters. The molecule has 1 aromatic rings. The van der Waals surface area contributed by atoms with Gasteiger partial charge < -0.3 is 20.4 Å². The molecule has 3 rings (SSSR count). The number of nitrogens with one attached hydrogen (secondary N) is 2. The summed E-state index contributed by atoms with van der Waals surface area (Å²) in [5.74, 6) is 1.78. The molecule has 0 bridgehead atoms. The van der Waals surface area contributed by atoms with Crippen LogP contribution in [0.4, 0.5) is 5.82 Å². The lowest BCUT2D eigenvalue weighted by atomic mass is 10.2. The van der Waals surface area contributed by atoms with Crippen molar-refractivity contribution in [2.24, 2.45) is 4.99 Å². The zero-order chi connectivity index (χ0) is 19.9. The third kappa shape index (κ3) is 7.11. The van der Waals surface area contributed by atoms with Gasteiger partial charge in [0, 0.05) is 64.1 Å². The predicted octanol–water partition coefficient (Wildman–Crippen LogP) is 2.12. The molecule has 0 aliphatic carbocycles. The number of pyridine rings is 1. The molecule has 2 aliphatic heterocycles. The number of halogens is 2. The Labute approximate surface area is 197 Å². The molecule has 164 valence electrons. The minimum atomic E-state index is 0. The molecule has 0 radical (unpaired) electrons. The van der Waals surface area contributed by atoms with Gasteiger partial charge in [0.2, 0.25) is 0 Å². The second-order valence-electron chi connectivity index (χ2n) is 7.79. The maximum absolute atomic E-state index is 6.31. The van der Waals surface area contributed by atoms with Gasteiger partial charge in [-0.3, -0.25) is 9.89 Å². The van der Waals surface area contributed by atoms with Crippen LogP contribution < -0.4 is 15.5 Å². The molecule has 2 aliphatic rings. The Morgan fingerprint density at radius 3 is 2.76 bits per heavy atom. The summed E-state index contributed by atoms with van der Waals surface area (Å²) in [6, 6.07) is 4.57. The first-order valence-electron chi connectivity index (χ1n) is 10.4. The molecule has 0 spiro atoms. The molecule has 2 fully saturated rings. The minimum absolute atomic E-state index is 0. The molecule has 2 N–H and O–H groups in total. The highest BCUT2D eigenvalue weighted by atomic mass is 127. The van der Waals surface area contributed by atoms with Gasteiger partial charge in [-0.05, 0) is 39.4 Å². The van der Waals surface area contributed by atoms with Crippen molar-refractivity contribution in [2.75, 3.05) is 64.3 Å². The van der Waals surface area contributed by atoms with E-state index in [0.29, 0.717) is 17.1 Å². The maximum atomic E-state index is 6.31. The van der Waals surface area contributed by atoms with Gasteiger partial charge in [-0.1, -0.05) is 11.6 Å². The molecular weight excluding hydrogens is 501 g/mol. The van der Waals surface area contributed by atoms with Crippen molar-refractivity contribution in [2.45, 2.75) is 32.4 Å². The van der Waals surface area contributed by atoms with Crippen LogP contribution in [-0.2, 0) is 0 Å². The lowest BCUT2D eigenvalue weighted by Crippen LogP contribution is -2.49. The van der Waals surface area contributed by atoms with E-state index in [1.54, 1.807) is 6.20 Å². The number of guanidine groups is 1. The van der Waals surface area contributed by atoms with Gasteiger partial charge >= 0.3 is 0 Å². The van der Waals surface area contributed by atoms with Crippen LogP contribution in [0.15, 0.2) is 23.3 Å². The average molecular weight is 536 g/mol. The van der Waals surface area contributed by atoms with Gasteiger partial charge in [-0.15, -0.1) is 24.0 Å². The van der Waals surface area contributed by atoms with Crippen molar-refractivity contribution in [1.29, 1.82) is 0 Å². The highest BCUT2D eigenvalue weighted by Gasteiger charge is 2.25. The van der Waals surface area contributed by atoms with Crippen LogP contribution in [0.3, 0.4) is 0 Å². The van der Waals surface area contributed by atoms with E-state index in [-0.39, 0.29) is 24.0 Å². The van der Waals surface area contributed by atoms with Crippen molar-refractivity contribution in [3.05, 3.63) is 23.4 Å². The normalized spacial score (nSPS) is 22.3. The number of anilines is 1. The summed E-state index contributed by atoms with van der Waals surface area (Å²) in [5, 5.41) is 7.71. The summed E-state index contributed by atoms with van der Waals surface area (Å²) in [6.07, 6.45) is 2.85.